The van der Waals surface area contributed by atoms with E-state index in [0.29, 0.717) is 0 Å². The van der Waals surface area contributed by atoms with E-state index in [-0.39, 0.29) is 0 Å². The molecule has 0 N–H and O–H groups in total. The summed E-state index contributed by atoms with van der Waals surface area (Å²) in [6, 6.07) is 16.2. The van der Waals surface area contributed by atoms with E-state index in [4.69, 9.17) is 4.74 Å². The standard InChI is InChI=1S/C16H12BrNO/c1-19-15-4-2-3-11(9-15)13-7-12-8-14(17)5-6-16(12)18-10-13/h2-10H,1H3. The Morgan fingerprint density at radius 3 is 2.74 bits per heavy atom. The normalized spacial score (nSPS) is 10.6. The van der Waals surface area contributed by atoms with Crippen LogP contribution in [0.2, 0.25) is 0 Å². The van der Waals surface area contributed by atoms with Gasteiger partial charge < -0.3 is 4.74 Å². The largest absolute Gasteiger partial charge is 0.497 e. The molecule has 0 aliphatic carbocycles. The van der Waals surface area contributed by atoms with Crippen LogP contribution in [-0.4, -0.2) is 12.1 Å². The molecule has 0 aliphatic rings. The Morgan fingerprint density at radius 2 is 1.89 bits per heavy atom. The molecule has 0 unspecified atom stereocenters. The maximum Gasteiger partial charge on any atom is 0.119 e. The fourth-order valence-corrected chi connectivity index (χ4v) is 2.44. The maximum atomic E-state index is 5.26. The van der Waals surface area contributed by atoms with Crippen LogP contribution in [-0.2, 0) is 0 Å². The Labute approximate surface area is 120 Å². The lowest BCUT2D eigenvalue weighted by molar-refractivity contribution is 0.415. The van der Waals surface area contributed by atoms with Crippen LogP contribution in [0, 0.1) is 0 Å². The summed E-state index contributed by atoms with van der Waals surface area (Å²) in [5.74, 6) is 0.854. The molecule has 2 aromatic carbocycles. The Kier molecular flexibility index (Phi) is 3.22. The maximum absolute atomic E-state index is 5.26. The highest BCUT2D eigenvalue weighted by atomic mass is 79.9. The molecule has 3 rings (SSSR count). The Bertz CT molecular complexity index is 740. The molecule has 0 bridgehead atoms. The molecule has 19 heavy (non-hydrogen) atoms. The third-order valence-corrected chi connectivity index (χ3v) is 3.54. The molecular formula is C16H12BrNO. The summed E-state index contributed by atoms with van der Waals surface area (Å²) < 4.78 is 6.31. The molecule has 0 atom stereocenters. The SMILES string of the molecule is COc1cccc(-c2cnc3ccc(Br)cc3c2)c1. The Balaban J connectivity index is 2.13. The first-order valence-electron chi connectivity index (χ1n) is 5.96. The fourth-order valence-electron chi connectivity index (χ4n) is 2.06. The summed E-state index contributed by atoms with van der Waals surface area (Å²) in [4.78, 5) is 4.49. The second kappa shape index (κ2) is 5.02. The van der Waals surface area contributed by atoms with Gasteiger partial charge in [-0.3, -0.25) is 4.98 Å². The third-order valence-electron chi connectivity index (χ3n) is 3.05. The van der Waals surface area contributed by atoms with Gasteiger partial charge in [-0.05, 0) is 42.0 Å². The van der Waals surface area contributed by atoms with Gasteiger partial charge >= 0.3 is 0 Å². The lowest BCUT2D eigenvalue weighted by Gasteiger charge is -2.06. The van der Waals surface area contributed by atoms with Gasteiger partial charge in [0.05, 0.1) is 12.6 Å². The zero-order chi connectivity index (χ0) is 13.2. The number of rotatable bonds is 2. The molecule has 0 radical (unpaired) electrons. The number of halogens is 1. The molecule has 0 amide bonds. The Hall–Kier alpha value is -1.87. The van der Waals surface area contributed by atoms with Gasteiger partial charge in [-0.1, -0.05) is 28.1 Å². The summed E-state index contributed by atoms with van der Waals surface area (Å²) in [7, 11) is 1.68. The smallest absolute Gasteiger partial charge is 0.119 e. The topological polar surface area (TPSA) is 22.1 Å². The number of benzene rings is 2. The lowest BCUT2D eigenvalue weighted by atomic mass is 10.1. The second-order valence-corrected chi connectivity index (χ2v) is 5.21. The molecule has 0 saturated carbocycles. The molecule has 1 aromatic heterocycles. The molecule has 94 valence electrons. The summed E-state index contributed by atoms with van der Waals surface area (Å²) >= 11 is 3.49. The van der Waals surface area contributed by atoms with E-state index in [9.17, 15) is 0 Å². The van der Waals surface area contributed by atoms with Crippen LogP contribution < -0.4 is 4.74 Å². The van der Waals surface area contributed by atoms with Crippen LogP contribution in [0.15, 0.2) is 59.2 Å². The molecule has 3 aromatic rings. The highest BCUT2D eigenvalue weighted by Crippen LogP contribution is 2.27. The van der Waals surface area contributed by atoms with Crippen molar-refractivity contribution in [3.63, 3.8) is 0 Å². The summed E-state index contributed by atoms with van der Waals surface area (Å²) in [5, 5.41) is 1.12. The zero-order valence-corrected chi connectivity index (χ0v) is 12.0. The van der Waals surface area contributed by atoms with Crippen molar-refractivity contribution in [2.45, 2.75) is 0 Å². The molecular weight excluding hydrogens is 302 g/mol. The number of fused-ring (bicyclic) bond motifs is 1. The highest BCUT2D eigenvalue weighted by molar-refractivity contribution is 9.10. The fraction of sp³-hybridized carbons (Fsp3) is 0.0625. The van der Waals surface area contributed by atoms with Crippen molar-refractivity contribution in [2.75, 3.05) is 7.11 Å². The molecule has 0 saturated heterocycles. The van der Waals surface area contributed by atoms with E-state index in [1.807, 2.05) is 36.5 Å². The van der Waals surface area contributed by atoms with Crippen LogP contribution in [0.5, 0.6) is 5.75 Å². The second-order valence-electron chi connectivity index (χ2n) is 4.29. The van der Waals surface area contributed by atoms with Gasteiger partial charge in [0.25, 0.3) is 0 Å². The molecule has 3 heteroatoms. The number of aromatic nitrogens is 1. The summed E-state index contributed by atoms with van der Waals surface area (Å²) in [6.07, 6.45) is 1.89. The van der Waals surface area contributed by atoms with E-state index in [1.54, 1.807) is 7.11 Å². The molecule has 0 aliphatic heterocycles. The minimum absolute atomic E-state index is 0.854. The van der Waals surface area contributed by atoms with Crippen molar-refractivity contribution in [1.82, 2.24) is 4.98 Å². The first-order chi connectivity index (χ1) is 9.26. The van der Waals surface area contributed by atoms with Gasteiger partial charge in [0.15, 0.2) is 0 Å². The monoisotopic (exact) mass is 313 g/mol. The van der Waals surface area contributed by atoms with Crippen molar-refractivity contribution < 1.29 is 4.74 Å². The van der Waals surface area contributed by atoms with Gasteiger partial charge in [0, 0.05) is 21.6 Å². The lowest BCUT2D eigenvalue weighted by Crippen LogP contribution is -1.85. The quantitative estimate of drug-likeness (QED) is 0.685. The number of pyridine rings is 1. The number of nitrogens with zero attached hydrogens (tertiary/aromatic N) is 1. The highest BCUT2D eigenvalue weighted by Gasteiger charge is 2.02. The minimum atomic E-state index is 0.854. The Morgan fingerprint density at radius 1 is 1.00 bits per heavy atom. The van der Waals surface area contributed by atoms with E-state index in [0.717, 1.165) is 32.3 Å². The van der Waals surface area contributed by atoms with Crippen molar-refractivity contribution in [3.05, 3.63) is 59.2 Å². The van der Waals surface area contributed by atoms with Crippen molar-refractivity contribution in [3.8, 4) is 16.9 Å². The molecule has 0 spiro atoms. The van der Waals surface area contributed by atoms with Crippen LogP contribution in [0.4, 0.5) is 0 Å². The van der Waals surface area contributed by atoms with Gasteiger partial charge in [-0.2, -0.15) is 0 Å². The van der Waals surface area contributed by atoms with Crippen LogP contribution in [0.3, 0.4) is 0 Å². The summed E-state index contributed by atoms with van der Waals surface area (Å²) in [6.45, 7) is 0. The van der Waals surface area contributed by atoms with E-state index >= 15 is 0 Å². The summed E-state index contributed by atoms with van der Waals surface area (Å²) in [5.41, 5.74) is 3.19. The number of hydrogen-bond acceptors (Lipinski definition) is 2. The number of ether oxygens (including phenoxy) is 1. The van der Waals surface area contributed by atoms with E-state index < -0.39 is 0 Å². The van der Waals surface area contributed by atoms with Crippen LogP contribution >= 0.6 is 15.9 Å². The number of hydrogen-bond donors (Lipinski definition) is 0. The minimum Gasteiger partial charge on any atom is -0.497 e. The third kappa shape index (κ3) is 2.47. The average molecular weight is 314 g/mol. The van der Waals surface area contributed by atoms with Gasteiger partial charge in [0.1, 0.15) is 5.75 Å². The molecule has 1 heterocycles. The van der Waals surface area contributed by atoms with Gasteiger partial charge in [0.2, 0.25) is 0 Å². The van der Waals surface area contributed by atoms with Crippen LogP contribution in [0.25, 0.3) is 22.0 Å². The first kappa shape index (κ1) is 12.2. The predicted molar refractivity (Wildman–Crippen MR) is 81.4 cm³/mol. The number of methoxy groups -OCH3 is 1. The molecule has 0 fully saturated rings. The van der Waals surface area contributed by atoms with Crippen molar-refractivity contribution >= 4 is 26.8 Å². The predicted octanol–water partition coefficient (Wildman–Crippen LogP) is 4.67. The van der Waals surface area contributed by atoms with Crippen molar-refractivity contribution in [2.24, 2.45) is 0 Å². The molecule has 2 nitrogen and oxygen atoms in total. The average Bonchev–Trinajstić information content (AvgIpc) is 2.46. The van der Waals surface area contributed by atoms with Crippen LogP contribution in [0.1, 0.15) is 0 Å². The van der Waals surface area contributed by atoms with Gasteiger partial charge in [-0.15, -0.1) is 0 Å². The first-order valence-corrected chi connectivity index (χ1v) is 6.75. The van der Waals surface area contributed by atoms with Crippen molar-refractivity contribution in [1.29, 1.82) is 0 Å². The zero-order valence-electron chi connectivity index (χ0n) is 10.4. The van der Waals surface area contributed by atoms with E-state index in [1.165, 1.54) is 0 Å². The van der Waals surface area contributed by atoms with Gasteiger partial charge in [-0.25, -0.2) is 0 Å². The van der Waals surface area contributed by atoms with E-state index in [2.05, 4.69) is 39.1 Å².